The fourth-order valence-corrected chi connectivity index (χ4v) is 3.80. The molecule has 4 aromatic rings. The minimum atomic E-state index is -0.201. The van der Waals surface area contributed by atoms with Gasteiger partial charge in [0.25, 0.3) is 5.91 Å². The van der Waals surface area contributed by atoms with Crippen LogP contribution < -0.4 is 5.32 Å². The molecule has 1 N–H and O–H groups in total. The van der Waals surface area contributed by atoms with Gasteiger partial charge in [0, 0.05) is 5.56 Å². The summed E-state index contributed by atoms with van der Waals surface area (Å²) >= 11 is 2.80. The van der Waals surface area contributed by atoms with E-state index in [2.05, 4.69) is 30.8 Å². The number of carbonyl (C=O) groups excluding carboxylic acids is 1. The summed E-state index contributed by atoms with van der Waals surface area (Å²) in [5, 5.41) is 25.4. The molecule has 1 aromatic carbocycles. The lowest BCUT2D eigenvalue weighted by atomic mass is 10.2. The predicted octanol–water partition coefficient (Wildman–Crippen LogP) is 2.19. The summed E-state index contributed by atoms with van der Waals surface area (Å²) in [7, 11) is 0. The number of amides is 1. The van der Waals surface area contributed by atoms with E-state index in [0.717, 1.165) is 20.8 Å². The molecule has 8 nitrogen and oxygen atoms in total. The molecular weight excluding hydrogens is 346 g/mol. The van der Waals surface area contributed by atoms with Crippen molar-refractivity contribution in [1.29, 1.82) is 0 Å². The zero-order valence-corrected chi connectivity index (χ0v) is 14.1. The van der Waals surface area contributed by atoms with E-state index in [0.29, 0.717) is 17.1 Å². The first-order chi connectivity index (χ1) is 11.7. The Bertz CT molecular complexity index is 1000. The van der Waals surface area contributed by atoms with Gasteiger partial charge in [-0.05, 0) is 19.1 Å². The Kier molecular flexibility index (Phi) is 3.75. The zero-order chi connectivity index (χ0) is 16.5. The first-order valence-corrected chi connectivity index (χ1v) is 8.69. The molecular formula is C14H11N7OS2. The van der Waals surface area contributed by atoms with Crippen LogP contribution in [0.4, 0.5) is 5.13 Å². The highest BCUT2D eigenvalue weighted by molar-refractivity contribution is 7.17. The van der Waals surface area contributed by atoms with Crippen molar-refractivity contribution in [3.8, 4) is 0 Å². The average molecular weight is 357 g/mol. The lowest BCUT2D eigenvalue weighted by Crippen LogP contribution is -2.11. The van der Waals surface area contributed by atoms with Crippen molar-refractivity contribution in [2.45, 2.75) is 13.3 Å². The second-order valence-electron chi connectivity index (χ2n) is 4.94. The molecule has 0 saturated carbocycles. The summed E-state index contributed by atoms with van der Waals surface area (Å²) in [5.41, 5.74) is 0.582. The molecule has 0 spiro atoms. The largest absolute Gasteiger partial charge is 0.296 e. The number of anilines is 1. The molecule has 0 fully saturated rings. The summed E-state index contributed by atoms with van der Waals surface area (Å²) in [6.45, 7) is 1.85. The molecule has 3 aromatic heterocycles. The number of aromatic nitrogens is 6. The van der Waals surface area contributed by atoms with E-state index in [1.54, 1.807) is 16.6 Å². The second-order valence-corrected chi connectivity index (χ2v) is 7.04. The topological polar surface area (TPSA) is 98.0 Å². The maximum Gasteiger partial charge on any atom is 0.257 e. The molecule has 0 aliphatic carbocycles. The number of nitrogens with zero attached hydrogens (tertiary/aromatic N) is 6. The van der Waals surface area contributed by atoms with E-state index in [9.17, 15) is 4.79 Å². The third-order valence-corrected chi connectivity index (χ3v) is 4.95. The van der Waals surface area contributed by atoms with Crippen LogP contribution in [0, 0.1) is 6.92 Å². The van der Waals surface area contributed by atoms with Gasteiger partial charge >= 0.3 is 0 Å². The standard InChI is InChI=1S/C14H11N7OS2/c1-8-16-19-14-21(8)20-11(24-14)7-10-17-18-13(23-10)15-12(22)9-5-3-2-4-6-9/h2-6H,7H2,1H3,(H,15,18,22). The van der Waals surface area contributed by atoms with Gasteiger partial charge in [-0.1, -0.05) is 40.9 Å². The highest BCUT2D eigenvalue weighted by atomic mass is 32.1. The Labute approximate surface area is 144 Å². The van der Waals surface area contributed by atoms with Crippen LogP contribution in [0.2, 0.25) is 0 Å². The number of hydrogen-bond donors (Lipinski definition) is 1. The quantitative estimate of drug-likeness (QED) is 0.601. The van der Waals surface area contributed by atoms with Crippen LogP contribution in [0.15, 0.2) is 30.3 Å². The van der Waals surface area contributed by atoms with Crippen LogP contribution in [-0.4, -0.2) is 35.9 Å². The Balaban J connectivity index is 1.47. The highest BCUT2D eigenvalue weighted by Crippen LogP contribution is 2.22. The zero-order valence-electron chi connectivity index (χ0n) is 12.5. The fraction of sp³-hybridized carbons (Fsp3) is 0.143. The number of aryl methyl sites for hydroxylation is 1. The molecule has 0 saturated heterocycles. The fourth-order valence-electron chi connectivity index (χ4n) is 2.09. The number of benzene rings is 1. The van der Waals surface area contributed by atoms with Gasteiger partial charge in [-0.2, -0.15) is 9.61 Å². The molecule has 120 valence electrons. The highest BCUT2D eigenvalue weighted by Gasteiger charge is 2.13. The number of rotatable bonds is 4. The van der Waals surface area contributed by atoms with Crippen LogP contribution in [0.25, 0.3) is 4.96 Å². The monoisotopic (exact) mass is 357 g/mol. The minimum absolute atomic E-state index is 0.201. The summed E-state index contributed by atoms with van der Waals surface area (Å²) in [4.78, 5) is 12.9. The third-order valence-electron chi connectivity index (χ3n) is 3.21. The van der Waals surface area contributed by atoms with Gasteiger partial charge in [-0.25, -0.2) is 0 Å². The third kappa shape index (κ3) is 2.88. The van der Waals surface area contributed by atoms with Crippen molar-refractivity contribution in [2.24, 2.45) is 0 Å². The summed E-state index contributed by atoms with van der Waals surface area (Å²) in [5.74, 6) is 0.549. The van der Waals surface area contributed by atoms with Crippen molar-refractivity contribution in [3.63, 3.8) is 0 Å². The lowest BCUT2D eigenvalue weighted by Gasteiger charge is -1.99. The van der Waals surface area contributed by atoms with Crippen LogP contribution in [0.5, 0.6) is 0 Å². The smallest absolute Gasteiger partial charge is 0.257 e. The molecule has 24 heavy (non-hydrogen) atoms. The van der Waals surface area contributed by atoms with Gasteiger partial charge in [0.15, 0.2) is 5.82 Å². The molecule has 0 atom stereocenters. The molecule has 10 heteroatoms. The normalized spacial score (nSPS) is 11.0. The van der Waals surface area contributed by atoms with Crippen LogP contribution in [-0.2, 0) is 6.42 Å². The summed E-state index contributed by atoms with van der Waals surface area (Å²) in [6.07, 6.45) is 0.548. The van der Waals surface area contributed by atoms with Gasteiger partial charge in [0.05, 0.1) is 6.42 Å². The van der Waals surface area contributed by atoms with Gasteiger partial charge < -0.3 is 0 Å². The maximum atomic E-state index is 12.1. The van der Waals surface area contributed by atoms with E-state index >= 15 is 0 Å². The molecule has 4 rings (SSSR count). The van der Waals surface area contributed by atoms with Crippen LogP contribution in [0.3, 0.4) is 0 Å². The molecule has 0 unspecified atom stereocenters. The molecule has 1 amide bonds. The van der Waals surface area contributed by atoms with Gasteiger partial charge in [-0.3, -0.25) is 10.1 Å². The lowest BCUT2D eigenvalue weighted by molar-refractivity contribution is 0.102. The average Bonchev–Trinajstić information content (AvgIpc) is 3.28. The minimum Gasteiger partial charge on any atom is -0.296 e. The van der Waals surface area contributed by atoms with Crippen molar-refractivity contribution in [3.05, 3.63) is 51.7 Å². The number of hydrogen-bond acceptors (Lipinski definition) is 8. The Hall–Kier alpha value is -2.72. The van der Waals surface area contributed by atoms with E-state index in [1.165, 1.54) is 22.7 Å². The molecule has 0 bridgehead atoms. The van der Waals surface area contributed by atoms with E-state index in [1.807, 2.05) is 25.1 Å². The molecule has 0 aliphatic heterocycles. The Morgan fingerprint density at radius 3 is 2.71 bits per heavy atom. The van der Waals surface area contributed by atoms with Crippen molar-refractivity contribution in [1.82, 2.24) is 30.0 Å². The van der Waals surface area contributed by atoms with Gasteiger partial charge in [-0.15, -0.1) is 20.4 Å². The first-order valence-electron chi connectivity index (χ1n) is 7.05. The summed E-state index contributed by atoms with van der Waals surface area (Å²) < 4.78 is 1.71. The maximum absolute atomic E-state index is 12.1. The van der Waals surface area contributed by atoms with Crippen molar-refractivity contribution >= 4 is 38.7 Å². The van der Waals surface area contributed by atoms with E-state index in [4.69, 9.17) is 0 Å². The number of carbonyl (C=O) groups is 1. The van der Waals surface area contributed by atoms with Crippen LogP contribution >= 0.6 is 22.7 Å². The van der Waals surface area contributed by atoms with Gasteiger partial charge in [0.2, 0.25) is 10.1 Å². The Morgan fingerprint density at radius 2 is 1.92 bits per heavy atom. The van der Waals surface area contributed by atoms with Crippen molar-refractivity contribution in [2.75, 3.05) is 5.32 Å². The van der Waals surface area contributed by atoms with Crippen molar-refractivity contribution < 1.29 is 4.79 Å². The SMILES string of the molecule is Cc1nnc2sc(Cc3nnc(NC(=O)c4ccccc4)s3)nn12. The van der Waals surface area contributed by atoms with Gasteiger partial charge in [0.1, 0.15) is 10.0 Å². The molecule has 0 aliphatic rings. The summed E-state index contributed by atoms with van der Waals surface area (Å²) in [6, 6.07) is 8.99. The number of fused-ring (bicyclic) bond motifs is 1. The second kappa shape index (κ2) is 6.06. The predicted molar refractivity (Wildman–Crippen MR) is 90.5 cm³/mol. The Morgan fingerprint density at radius 1 is 1.08 bits per heavy atom. The number of nitrogens with one attached hydrogen (secondary N) is 1. The van der Waals surface area contributed by atoms with E-state index < -0.39 is 0 Å². The molecule has 3 heterocycles. The van der Waals surface area contributed by atoms with E-state index in [-0.39, 0.29) is 5.91 Å². The molecule has 0 radical (unpaired) electrons. The van der Waals surface area contributed by atoms with Crippen LogP contribution in [0.1, 0.15) is 26.2 Å². The first kappa shape index (κ1) is 14.8.